The van der Waals surface area contributed by atoms with Crippen molar-refractivity contribution in [2.75, 3.05) is 6.54 Å². The molecule has 2 aromatic carbocycles. The second kappa shape index (κ2) is 7.20. The zero-order chi connectivity index (χ0) is 17.9. The maximum Gasteiger partial charge on any atom is 0.140 e. The molecule has 0 amide bonds. The first-order valence-electron chi connectivity index (χ1n) is 8.84. The third-order valence-corrected chi connectivity index (χ3v) is 8.44. The van der Waals surface area contributed by atoms with Gasteiger partial charge in [-0.3, -0.25) is 4.72 Å². The second-order valence-corrected chi connectivity index (χ2v) is 9.50. The van der Waals surface area contributed by atoms with Crippen LogP contribution in [-0.2, 0) is 4.93 Å². The van der Waals surface area contributed by atoms with Crippen LogP contribution in [-0.4, -0.2) is 11.7 Å². The first kappa shape index (κ1) is 18.0. The Balaban J connectivity index is 2.15. The lowest BCUT2D eigenvalue weighted by atomic mass is 9.98. The standard InChI is InChI=1S/C22H27NOS/c1-4-23-25(16-15-20(17-25)19-11-7-5-8-12-19)22(24,18(2)3)21-13-9-6-10-14-21/h5-18,23-24H,4H2,1-3H3. The summed E-state index contributed by atoms with van der Waals surface area (Å²) in [5.74, 6) is 0.0694. The van der Waals surface area contributed by atoms with E-state index in [0.717, 1.165) is 12.1 Å². The van der Waals surface area contributed by atoms with E-state index in [4.69, 9.17) is 0 Å². The molecule has 2 N–H and O–H groups in total. The molecule has 1 aliphatic heterocycles. The predicted molar refractivity (Wildman–Crippen MR) is 110 cm³/mol. The highest BCUT2D eigenvalue weighted by molar-refractivity contribution is 8.37. The van der Waals surface area contributed by atoms with Gasteiger partial charge in [-0.05, 0) is 39.5 Å². The minimum Gasteiger partial charge on any atom is -0.375 e. The van der Waals surface area contributed by atoms with E-state index < -0.39 is 15.1 Å². The van der Waals surface area contributed by atoms with E-state index in [1.54, 1.807) is 0 Å². The van der Waals surface area contributed by atoms with Crippen molar-refractivity contribution in [3.63, 3.8) is 0 Å². The molecule has 2 aromatic rings. The van der Waals surface area contributed by atoms with Gasteiger partial charge in [-0.2, -0.15) is 0 Å². The molecule has 0 aliphatic carbocycles. The van der Waals surface area contributed by atoms with Crippen LogP contribution in [0, 0.1) is 5.92 Å². The van der Waals surface area contributed by atoms with Crippen LogP contribution in [0.4, 0.5) is 0 Å². The van der Waals surface area contributed by atoms with Gasteiger partial charge in [0, 0.05) is 6.54 Å². The van der Waals surface area contributed by atoms with E-state index in [-0.39, 0.29) is 5.92 Å². The van der Waals surface area contributed by atoms with Crippen molar-refractivity contribution in [1.82, 2.24) is 4.72 Å². The molecule has 3 rings (SSSR count). The van der Waals surface area contributed by atoms with Crippen LogP contribution in [0.25, 0.3) is 5.57 Å². The number of benzene rings is 2. The van der Waals surface area contributed by atoms with Crippen LogP contribution in [0.15, 0.2) is 77.6 Å². The summed E-state index contributed by atoms with van der Waals surface area (Å²) >= 11 is 0. The maximum absolute atomic E-state index is 12.0. The van der Waals surface area contributed by atoms with Crippen LogP contribution in [0.1, 0.15) is 31.9 Å². The van der Waals surface area contributed by atoms with E-state index in [1.165, 1.54) is 11.1 Å². The minimum atomic E-state index is -1.74. The highest BCUT2D eigenvalue weighted by atomic mass is 32.3. The number of aliphatic hydroxyl groups is 1. The van der Waals surface area contributed by atoms with Gasteiger partial charge in [0.2, 0.25) is 0 Å². The summed E-state index contributed by atoms with van der Waals surface area (Å²) in [4.78, 5) is -0.961. The predicted octanol–water partition coefficient (Wildman–Crippen LogP) is 5.39. The van der Waals surface area contributed by atoms with E-state index in [0.29, 0.717) is 0 Å². The van der Waals surface area contributed by atoms with Gasteiger partial charge in [0.05, 0.1) is 0 Å². The molecular weight excluding hydrogens is 326 g/mol. The number of rotatable bonds is 6. The molecule has 1 heterocycles. The second-order valence-electron chi connectivity index (χ2n) is 6.67. The summed E-state index contributed by atoms with van der Waals surface area (Å²) in [5.41, 5.74) is 3.33. The molecule has 0 fully saturated rings. The van der Waals surface area contributed by atoms with Gasteiger partial charge in [-0.1, -0.05) is 81.4 Å². The van der Waals surface area contributed by atoms with E-state index in [2.05, 4.69) is 66.7 Å². The van der Waals surface area contributed by atoms with Crippen molar-refractivity contribution in [1.29, 1.82) is 0 Å². The van der Waals surface area contributed by atoms with Gasteiger partial charge in [0.25, 0.3) is 0 Å². The number of hydrogen-bond donors (Lipinski definition) is 2. The van der Waals surface area contributed by atoms with Gasteiger partial charge in [0.15, 0.2) is 0 Å². The molecule has 0 saturated heterocycles. The van der Waals surface area contributed by atoms with E-state index in [9.17, 15) is 5.11 Å². The Kier molecular flexibility index (Phi) is 5.19. The fourth-order valence-corrected chi connectivity index (χ4v) is 7.11. The van der Waals surface area contributed by atoms with Crippen molar-refractivity contribution in [2.45, 2.75) is 25.7 Å². The van der Waals surface area contributed by atoms with Crippen molar-refractivity contribution in [2.24, 2.45) is 5.92 Å². The Bertz CT molecular complexity index is 769. The van der Waals surface area contributed by atoms with Crippen molar-refractivity contribution in [3.05, 3.63) is 88.7 Å². The fraction of sp³-hybridized carbons (Fsp3) is 0.273. The number of nitrogens with one attached hydrogen (secondary N) is 1. The fourth-order valence-electron chi connectivity index (χ4n) is 3.48. The Morgan fingerprint density at radius 3 is 2.16 bits per heavy atom. The molecule has 0 aromatic heterocycles. The van der Waals surface area contributed by atoms with Crippen LogP contribution < -0.4 is 4.72 Å². The van der Waals surface area contributed by atoms with Gasteiger partial charge < -0.3 is 5.11 Å². The first-order valence-corrected chi connectivity index (χ1v) is 10.6. The molecular formula is C22H27NOS. The number of allylic oxidation sites excluding steroid dienone is 2. The average molecular weight is 354 g/mol. The Morgan fingerprint density at radius 1 is 1.00 bits per heavy atom. The SMILES string of the molecule is CCNS1(C(O)(c2ccccc2)C(C)C)C=CC(c2ccccc2)=C1. The summed E-state index contributed by atoms with van der Waals surface area (Å²) < 4.78 is 3.65. The molecule has 0 bridgehead atoms. The molecule has 0 saturated carbocycles. The smallest absolute Gasteiger partial charge is 0.140 e. The molecule has 0 radical (unpaired) electrons. The van der Waals surface area contributed by atoms with Gasteiger partial charge in [-0.25, -0.2) is 0 Å². The Hall–Kier alpha value is -1.81. The van der Waals surface area contributed by atoms with Gasteiger partial charge >= 0.3 is 0 Å². The Morgan fingerprint density at radius 2 is 1.60 bits per heavy atom. The summed E-state index contributed by atoms with van der Waals surface area (Å²) in [6.45, 7) is 7.10. The molecule has 132 valence electrons. The third-order valence-electron chi connectivity index (χ3n) is 4.75. The molecule has 3 heteroatoms. The summed E-state index contributed by atoms with van der Waals surface area (Å²) in [5, 5.41) is 16.4. The average Bonchev–Trinajstić information content (AvgIpc) is 3.08. The van der Waals surface area contributed by atoms with Crippen molar-refractivity contribution in [3.8, 4) is 0 Å². The van der Waals surface area contributed by atoms with Crippen molar-refractivity contribution < 1.29 is 5.11 Å². The quantitative estimate of drug-likeness (QED) is 0.730. The number of hydrogen-bond acceptors (Lipinski definition) is 2. The van der Waals surface area contributed by atoms with E-state index >= 15 is 0 Å². The van der Waals surface area contributed by atoms with Crippen molar-refractivity contribution >= 4 is 15.8 Å². The zero-order valence-electron chi connectivity index (χ0n) is 15.1. The summed E-state index contributed by atoms with van der Waals surface area (Å²) in [6, 6.07) is 20.4. The Labute approximate surface area is 152 Å². The molecule has 25 heavy (non-hydrogen) atoms. The minimum absolute atomic E-state index is 0.0694. The van der Waals surface area contributed by atoms with Crippen LogP contribution >= 0.6 is 10.2 Å². The highest BCUT2D eigenvalue weighted by Crippen LogP contribution is 2.68. The molecule has 2 atom stereocenters. The molecule has 2 nitrogen and oxygen atoms in total. The van der Waals surface area contributed by atoms with E-state index in [1.807, 2.05) is 36.4 Å². The lowest BCUT2D eigenvalue weighted by molar-refractivity contribution is 0.0819. The highest BCUT2D eigenvalue weighted by Gasteiger charge is 2.48. The van der Waals surface area contributed by atoms with Crippen LogP contribution in [0.5, 0.6) is 0 Å². The largest absolute Gasteiger partial charge is 0.375 e. The lowest BCUT2D eigenvalue weighted by Gasteiger charge is -2.50. The summed E-state index contributed by atoms with van der Waals surface area (Å²) in [6.07, 6.45) is 2.16. The van der Waals surface area contributed by atoms with Gasteiger partial charge in [-0.15, -0.1) is 10.2 Å². The van der Waals surface area contributed by atoms with Crippen LogP contribution in [0.2, 0.25) is 0 Å². The molecule has 0 spiro atoms. The van der Waals surface area contributed by atoms with Crippen LogP contribution in [0.3, 0.4) is 0 Å². The maximum atomic E-state index is 12.0. The molecule has 1 aliphatic rings. The third kappa shape index (κ3) is 3.08. The topological polar surface area (TPSA) is 32.3 Å². The summed E-state index contributed by atoms with van der Waals surface area (Å²) in [7, 11) is -1.74. The first-order chi connectivity index (χ1) is 12.0. The molecule has 2 unspecified atom stereocenters. The van der Waals surface area contributed by atoms with Gasteiger partial charge in [0.1, 0.15) is 4.93 Å². The monoisotopic (exact) mass is 353 g/mol. The lowest BCUT2D eigenvalue weighted by Crippen LogP contribution is -2.41. The zero-order valence-corrected chi connectivity index (χ0v) is 16.0. The normalized spacial score (nSPS) is 24.6.